The molecule has 1 aromatic heterocycles. The van der Waals surface area contributed by atoms with Crippen LogP contribution in [0.3, 0.4) is 0 Å². The minimum Gasteiger partial charge on any atom is -0.396 e. The molecule has 2 bridgehead atoms. The molecule has 2 aliphatic rings. The number of nitrogens with zero attached hydrogens (tertiary/aromatic N) is 2. The van der Waals surface area contributed by atoms with Crippen LogP contribution >= 0.6 is 0 Å². The van der Waals surface area contributed by atoms with Gasteiger partial charge < -0.3 is 19.9 Å². The first-order valence-electron chi connectivity index (χ1n) is 11.1. The van der Waals surface area contributed by atoms with Crippen molar-refractivity contribution in [1.82, 2.24) is 14.8 Å². The molecule has 1 fully saturated rings. The zero-order chi connectivity index (χ0) is 23.0. The van der Waals surface area contributed by atoms with Crippen molar-refractivity contribution in [1.29, 1.82) is 0 Å². The molecule has 2 amide bonds. The summed E-state index contributed by atoms with van der Waals surface area (Å²) in [5, 5.41) is 13.1. The van der Waals surface area contributed by atoms with E-state index in [1.807, 2.05) is 6.92 Å². The fraction of sp³-hybridized carbons (Fsp3) is 0.458. The topological polar surface area (TPSA) is 91.6 Å². The summed E-state index contributed by atoms with van der Waals surface area (Å²) >= 11 is 0. The lowest BCUT2D eigenvalue weighted by atomic mass is 9.86. The van der Waals surface area contributed by atoms with Crippen LogP contribution in [0, 0.1) is 17.7 Å². The fourth-order valence-corrected chi connectivity index (χ4v) is 5.17. The zero-order valence-corrected chi connectivity index (χ0v) is 18.3. The van der Waals surface area contributed by atoms with Crippen molar-refractivity contribution in [3.8, 4) is 11.1 Å². The van der Waals surface area contributed by atoms with Crippen molar-refractivity contribution in [3.63, 3.8) is 0 Å². The average molecular weight is 442 g/mol. The van der Waals surface area contributed by atoms with Crippen LogP contribution in [0.4, 0.5) is 4.39 Å². The van der Waals surface area contributed by atoms with Crippen LogP contribution in [-0.2, 0) is 16.1 Å². The normalized spacial score (nSPS) is 23.7. The van der Waals surface area contributed by atoms with Gasteiger partial charge >= 0.3 is 0 Å². The summed E-state index contributed by atoms with van der Waals surface area (Å²) in [5.41, 5.74) is 1.11. The number of nitrogens with one attached hydrogen (secondary N) is 1. The Bertz CT molecular complexity index is 1100. The highest BCUT2D eigenvalue weighted by molar-refractivity contribution is 5.84. The predicted octanol–water partition coefficient (Wildman–Crippen LogP) is 2.08. The van der Waals surface area contributed by atoms with Crippen LogP contribution in [0.25, 0.3) is 11.1 Å². The number of aromatic nitrogens is 1. The van der Waals surface area contributed by atoms with Gasteiger partial charge in [-0.05, 0) is 36.2 Å². The summed E-state index contributed by atoms with van der Waals surface area (Å²) in [6.07, 6.45) is 1.03. The van der Waals surface area contributed by atoms with Crippen molar-refractivity contribution >= 4 is 11.8 Å². The molecule has 0 spiro atoms. The lowest BCUT2D eigenvalue weighted by Gasteiger charge is -2.38. The molecule has 1 saturated heterocycles. The molecule has 4 atom stereocenters. The van der Waals surface area contributed by atoms with Crippen molar-refractivity contribution in [2.24, 2.45) is 11.8 Å². The van der Waals surface area contributed by atoms with Gasteiger partial charge in [0.1, 0.15) is 5.82 Å². The molecule has 32 heavy (non-hydrogen) atoms. The van der Waals surface area contributed by atoms with Gasteiger partial charge in [0.05, 0.1) is 18.0 Å². The Morgan fingerprint density at radius 1 is 1.22 bits per heavy atom. The van der Waals surface area contributed by atoms with Gasteiger partial charge in [-0.15, -0.1) is 0 Å². The lowest BCUT2D eigenvalue weighted by Crippen LogP contribution is -2.49. The van der Waals surface area contributed by atoms with E-state index in [4.69, 9.17) is 0 Å². The summed E-state index contributed by atoms with van der Waals surface area (Å²) in [4.78, 5) is 41.1. The first-order chi connectivity index (χ1) is 15.4. The number of carbonyl (C=O) groups is 2. The monoisotopic (exact) mass is 441 g/mol. The van der Waals surface area contributed by atoms with Crippen molar-refractivity contribution in [3.05, 3.63) is 58.3 Å². The smallest absolute Gasteiger partial charge is 0.258 e. The van der Waals surface area contributed by atoms with Crippen LogP contribution in [0.2, 0.25) is 0 Å². The molecule has 0 aliphatic carbocycles. The number of rotatable bonds is 6. The number of aliphatic hydroxyl groups is 1. The van der Waals surface area contributed by atoms with Crippen LogP contribution in [0.1, 0.15) is 38.4 Å². The van der Waals surface area contributed by atoms with E-state index in [2.05, 4.69) is 5.32 Å². The standard InChI is InChI=1S/C24H28FN3O4/c1-3-10-26-23(31)21-17(13-29)19-12-27-18(22(21)28(19)20(30)4-2)9-8-16(24(27)32)14-6-5-7-15(25)11-14/h5-9,11,17,19,21-22,29H,3-4,10,12-13H2,1-2H3,(H,26,31)/t17-,19-,21+,22+/m0/s1. The zero-order valence-electron chi connectivity index (χ0n) is 18.3. The number of benzene rings is 1. The SMILES string of the molecule is CCCNC(=O)[C@@H]1[C@@H](CO)[C@@H]2Cn3c(ccc(-c4cccc(F)c4)c3=O)[C@H]1N2C(=O)CC. The van der Waals surface area contributed by atoms with Crippen LogP contribution in [0.5, 0.6) is 0 Å². The molecule has 3 heterocycles. The van der Waals surface area contributed by atoms with Gasteiger partial charge in [-0.1, -0.05) is 26.0 Å². The van der Waals surface area contributed by atoms with E-state index < -0.39 is 29.7 Å². The van der Waals surface area contributed by atoms with E-state index in [0.29, 0.717) is 23.4 Å². The minimum atomic E-state index is -0.653. The number of amides is 2. The molecule has 4 rings (SSSR count). The van der Waals surface area contributed by atoms with Crippen molar-refractivity contribution < 1.29 is 19.1 Å². The highest BCUT2D eigenvalue weighted by atomic mass is 19.1. The third kappa shape index (κ3) is 3.52. The van der Waals surface area contributed by atoms with E-state index >= 15 is 0 Å². The Morgan fingerprint density at radius 2 is 2.00 bits per heavy atom. The molecule has 1 aromatic carbocycles. The Balaban J connectivity index is 1.85. The summed E-state index contributed by atoms with van der Waals surface area (Å²) in [7, 11) is 0. The number of fused-ring (bicyclic) bond motifs is 4. The highest BCUT2D eigenvalue weighted by Gasteiger charge is 2.57. The van der Waals surface area contributed by atoms with Gasteiger partial charge in [-0.3, -0.25) is 14.4 Å². The molecule has 2 N–H and O–H groups in total. The number of hydrogen-bond acceptors (Lipinski definition) is 4. The maximum atomic E-state index is 13.8. The van der Waals surface area contributed by atoms with Gasteiger partial charge in [0.25, 0.3) is 5.56 Å². The Kier molecular flexibility index (Phi) is 6.15. The summed E-state index contributed by atoms with van der Waals surface area (Å²) in [6, 6.07) is 8.13. The van der Waals surface area contributed by atoms with E-state index in [9.17, 15) is 23.9 Å². The third-order valence-corrected chi connectivity index (χ3v) is 6.62. The summed E-state index contributed by atoms with van der Waals surface area (Å²) < 4.78 is 15.3. The number of carbonyl (C=O) groups excluding carboxylic acids is 2. The van der Waals surface area contributed by atoms with Crippen molar-refractivity contribution in [2.45, 2.75) is 45.3 Å². The second-order valence-electron chi connectivity index (χ2n) is 8.43. The van der Waals surface area contributed by atoms with Crippen LogP contribution < -0.4 is 10.9 Å². The maximum absolute atomic E-state index is 13.8. The molecular formula is C24H28FN3O4. The average Bonchev–Trinajstić information content (AvgIpc) is 3.04. The van der Waals surface area contributed by atoms with Crippen LogP contribution in [-0.4, -0.2) is 45.6 Å². The first-order valence-corrected chi connectivity index (χ1v) is 11.1. The van der Waals surface area contributed by atoms with E-state index in [1.54, 1.807) is 40.7 Å². The first kappa shape index (κ1) is 22.2. The number of hydrogen-bond donors (Lipinski definition) is 2. The Labute approximate surface area is 185 Å². The molecule has 170 valence electrons. The molecule has 7 nitrogen and oxygen atoms in total. The molecule has 2 aliphatic heterocycles. The van der Waals surface area contributed by atoms with Gasteiger partial charge in [0, 0.05) is 43.3 Å². The fourth-order valence-electron chi connectivity index (χ4n) is 5.17. The van der Waals surface area contributed by atoms with Gasteiger partial charge in [0.15, 0.2) is 0 Å². The second-order valence-corrected chi connectivity index (χ2v) is 8.43. The highest BCUT2D eigenvalue weighted by Crippen LogP contribution is 2.48. The molecule has 8 heteroatoms. The number of halogens is 1. The predicted molar refractivity (Wildman–Crippen MR) is 117 cm³/mol. The van der Waals surface area contributed by atoms with Crippen LogP contribution in [0.15, 0.2) is 41.2 Å². The quantitative estimate of drug-likeness (QED) is 0.718. The van der Waals surface area contributed by atoms with E-state index in [-0.39, 0.29) is 36.9 Å². The third-order valence-electron chi connectivity index (χ3n) is 6.62. The maximum Gasteiger partial charge on any atom is 0.258 e. The second kappa shape index (κ2) is 8.86. The minimum absolute atomic E-state index is 0.114. The molecule has 2 aromatic rings. The Morgan fingerprint density at radius 3 is 2.66 bits per heavy atom. The molecule has 0 saturated carbocycles. The van der Waals surface area contributed by atoms with Gasteiger partial charge in [0.2, 0.25) is 11.8 Å². The molecule has 0 unspecified atom stereocenters. The Hall–Kier alpha value is -3.00. The molecule has 0 radical (unpaired) electrons. The summed E-state index contributed by atoms with van der Waals surface area (Å²) in [5.74, 6) is -1.90. The number of aliphatic hydroxyl groups excluding tert-OH is 1. The van der Waals surface area contributed by atoms with Crippen molar-refractivity contribution in [2.75, 3.05) is 13.2 Å². The summed E-state index contributed by atoms with van der Waals surface area (Å²) in [6.45, 7) is 4.13. The van der Waals surface area contributed by atoms with E-state index in [1.165, 1.54) is 12.1 Å². The molecular weight excluding hydrogens is 413 g/mol. The van der Waals surface area contributed by atoms with Gasteiger partial charge in [-0.25, -0.2) is 4.39 Å². The largest absolute Gasteiger partial charge is 0.396 e. The lowest BCUT2D eigenvalue weighted by molar-refractivity contribution is -0.136. The number of pyridine rings is 1. The van der Waals surface area contributed by atoms with E-state index in [0.717, 1.165) is 6.42 Å². The van der Waals surface area contributed by atoms with Gasteiger partial charge in [-0.2, -0.15) is 0 Å².